The molecule has 0 rings (SSSR count). The lowest BCUT2D eigenvalue weighted by Crippen LogP contribution is -2.40. The standard InChI is InChI=1S/C76H141NO8/c1-6-8-10-12-14-16-18-20-22-24-26-28-30-31-32-33-34-35-36-37-38-39-40-41-42-43-45-46-48-50-52-54-56-58-60-62-64-66-73(78)83-70-72(71-84-76(75(80)81)82-69-68-77(3,4)5)85-74(79)67-65-63-61-59-57-55-53-51-49-47-44-29-27-25-23-21-19-17-15-13-11-9-7-2/h9,11,15,17,21,23,27,29,72,76H,6-8,10,12-14,16,18-20,22,24-26,28,30-71H2,1-5H3/p+1/b11-9-,17-15-,23-21-,29-27-. The number of likely N-dealkylation sites (N-methyl/N-ethyl adjacent to an activating group) is 1. The number of aliphatic carboxylic acids is 1. The maximum atomic E-state index is 12.9. The van der Waals surface area contributed by atoms with E-state index in [4.69, 9.17) is 18.9 Å². The van der Waals surface area contributed by atoms with Crippen molar-refractivity contribution in [2.45, 2.75) is 373 Å². The predicted molar refractivity (Wildman–Crippen MR) is 364 cm³/mol. The van der Waals surface area contributed by atoms with E-state index >= 15 is 0 Å². The molecule has 0 aliphatic carbocycles. The number of carboxylic acid groups (broad SMARTS) is 1. The molecule has 2 unspecified atom stereocenters. The summed E-state index contributed by atoms with van der Waals surface area (Å²) in [5, 5.41) is 9.75. The molecule has 2 atom stereocenters. The third kappa shape index (κ3) is 68.6. The summed E-state index contributed by atoms with van der Waals surface area (Å²) in [5.41, 5.74) is 0. The van der Waals surface area contributed by atoms with Crippen molar-refractivity contribution in [2.75, 3.05) is 47.5 Å². The van der Waals surface area contributed by atoms with Gasteiger partial charge in [0.15, 0.2) is 6.10 Å². The summed E-state index contributed by atoms with van der Waals surface area (Å²) < 4.78 is 23.0. The Kier molecular flexibility index (Phi) is 65.0. The summed E-state index contributed by atoms with van der Waals surface area (Å²) in [4.78, 5) is 37.6. The zero-order chi connectivity index (χ0) is 61.9. The lowest BCUT2D eigenvalue weighted by atomic mass is 10.0. The van der Waals surface area contributed by atoms with Crippen molar-refractivity contribution in [3.05, 3.63) is 48.6 Å². The molecular weight excluding hydrogens is 1050 g/mol. The van der Waals surface area contributed by atoms with Crippen molar-refractivity contribution in [1.82, 2.24) is 0 Å². The summed E-state index contributed by atoms with van der Waals surface area (Å²) in [7, 11) is 5.98. The van der Waals surface area contributed by atoms with Crippen LogP contribution in [0.25, 0.3) is 0 Å². The second kappa shape index (κ2) is 67.2. The van der Waals surface area contributed by atoms with E-state index in [-0.39, 0.29) is 32.2 Å². The minimum Gasteiger partial charge on any atom is -0.477 e. The number of quaternary nitrogens is 1. The van der Waals surface area contributed by atoms with Crippen LogP contribution in [0.4, 0.5) is 0 Å². The number of allylic oxidation sites excluding steroid dienone is 8. The molecule has 0 amide bonds. The Morgan fingerprint density at radius 1 is 0.365 bits per heavy atom. The highest BCUT2D eigenvalue weighted by atomic mass is 16.7. The molecule has 0 spiro atoms. The first kappa shape index (κ1) is 82.2. The molecule has 0 saturated carbocycles. The van der Waals surface area contributed by atoms with Gasteiger partial charge in [-0.1, -0.05) is 345 Å². The van der Waals surface area contributed by atoms with Gasteiger partial charge in [0.2, 0.25) is 0 Å². The summed E-state index contributed by atoms with van der Waals surface area (Å²) in [6.45, 7) is 4.82. The third-order valence-corrected chi connectivity index (χ3v) is 16.6. The van der Waals surface area contributed by atoms with E-state index in [1.54, 1.807) is 0 Å². The Balaban J connectivity index is 3.98. The Labute approximate surface area is 527 Å². The smallest absolute Gasteiger partial charge is 0.361 e. The van der Waals surface area contributed by atoms with Crippen LogP contribution >= 0.6 is 0 Å². The number of carbonyl (C=O) groups is 3. The van der Waals surface area contributed by atoms with Gasteiger partial charge in [-0.2, -0.15) is 0 Å². The highest BCUT2D eigenvalue weighted by Crippen LogP contribution is 2.19. The van der Waals surface area contributed by atoms with Crippen LogP contribution in [0, 0.1) is 0 Å². The molecule has 0 aliphatic rings. The number of unbranched alkanes of at least 4 members (excludes halogenated alkanes) is 46. The summed E-state index contributed by atoms with van der Waals surface area (Å²) in [5.74, 6) is -1.99. The second-order valence-electron chi connectivity index (χ2n) is 26.2. The van der Waals surface area contributed by atoms with Crippen molar-refractivity contribution >= 4 is 17.9 Å². The number of carbonyl (C=O) groups excluding carboxylic acids is 2. The SMILES string of the molecule is CC/C=C\C/C=C\C/C=C\C/C=C\CCCCCCCCCCCCC(=O)OC(COC(=O)CCCCCCCCCCCCCCCCCCCCCCCCCCCCCCCCCCCCCCC)COC(OCC[N+](C)(C)C)C(=O)O. The van der Waals surface area contributed by atoms with Crippen LogP contribution < -0.4 is 0 Å². The summed E-state index contributed by atoms with van der Waals surface area (Å²) >= 11 is 0. The van der Waals surface area contributed by atoms with Gasteiger partial charge >= 0.3 is 17.9 Å². The number of esters is 2. The Morgan fingerprint density at radius 3 is 1.00 bits per heavy atom. The average molecular weight is 1200 g/mol. The largest absolute Gasteiger partial charge is 0.477 e. The molecule has 0 radical (unpaired) electrons. The van der Waals surface area contributed by atoms with E-state index in [9.17, 15) is 19.5 Å². The molecule has 0 saturated heterocycles. The van der Waals surface area contributed by atoms with E-state index in [0.717, 1.165) is 77.0 Å². The molecule has 0 bridgehead atoms. The van der Waals surface area contributed by atoms with Gasteiger partial charge in [0.25, 0.3) is 6.29 Å². The van der Waals surface area contributed by atoms with Crippen molar-refractivity contribution in [2.24, 2.45) is 0 Å². The zero-order valence-corrected chi connectivity index (χ0v) is 57.0. The van der Waals surface area contributed by atoms with Gasteiger partial charge in [-0.15, -0.1) is 0 Å². The van der Waals surface area contributed by atoms with Gasteiger partial charge in [-0.3, -0.25) is 9.59 Å². The Hall–Kier alpha value is -2.75. The van der Waals surface area contributed by atoms with Crippen molar-refractivity contribution < 1.29 is 42.9 Å². The van der Waals surface area contributed by atoms with Gasteiger partial charge in [0, 0.05) is 12.8 Å². The maximum absolute atomic E-state index is 12.9. The fourth-order valence-electron chi connectivity index (χ4n) is 11.0. The van der Waals surface area contributed by atoms with Crippen molar-refractivity contribution in [1.29, 1.82) is 0 Å². The molecule has 85 heavy (non-hydrogen) atoms. The predicted octanol–water partition coefficient (Wildman–Crippen LogP) is 22.9. The van der Waals surface area contributed by atoms with E-state index in [1.165, 1.54) is 257 Å². The van der Waals surface area contributed by atoms with E-state index < -0.39 is 24.3 Å². The van der Waals surface area contributed by atoms with Crippen molar-refractivity contribution in [3.8, 4) is 0 Å². The zero-order valence-electron chi connectivity index (χ0n) is 57.0. The van der Waals surface area contributed by atoms with E-state index in [2.05, 4.69) is 62.5 Å². The number of ether oxygens (including phenoxy) is 4. The lowest BCUT2D eigenvalue weighted by Gasteiger charge is -2.25. The number of nitrogens with zero attached hydrogens (tertiary/aromatic N) is 1. The second-order valence-corrected chi connectivity index (χ2v) is 26.2. The molecule has 9 heteroatoms. The van der Waals surface area contributed by atoms with E-state index in [0.29, 0.717) is 17.4 Å². The summed E-state index contributed by atoms with van der Waals surface area (Å²) in [6.07, 6.45) is 84.0. The van der Waals surface area contributed by atoms with E-state index in [1.807, 2.05) is 21.1 Å². The van der Waals surface area contributed by atoms with Crippen LogP contribution in [0.15, 0.2) is 48.6 Å². The molecule has 0 fully saturated rings. The quantitative estimate of drug-likeness (QED) is 0.0211. The van der Waals surface area contributed by atoms with Crippen LogP contribution in [0.5, 0.6) is 0 Å². The highest BCUT2D eigenvalue weighted by Gasteiger charge is 2.25. The van der Waals surface area contributed by atoms with Gasteiger partial charge in [-0.25, -0.2) is 4.79 Å². The molecule has 1 N–H and O–H groups in total. The molecule has 498 valence electrons. The van der Waals surface area contributed by atoms with Gasteiger partial charge < -0.3 is 28.5 Å². The highest BCUT2D eigenvalue weighted by molar-refractivity contribution is 5.71. The molecule has 9 nitrogen and oxygen atoms in total. The van der Waals surface area contributed by atoms with Crippen molar-refractivity contribution in [3.63, 3.8) is 0 Å². The van der Waals surface area contributed by atoms with Crippen LogP contribution in [-0.2, 0) is 33.3 Å². The minimum atomic E-state index is -1.51. The molecular formula is C76H142NO8+. The van der Waals surface area contributed by atoms with Crippen LogP contribution in [-0.4, -0.2) is 87.4 Å². The number of rotatable bonds is 69. The molecule has 0 aliphatic heterocycles. The molecule has 0 heterocycles. The first-order valence-electron chi connectivity index (χ1n) is 36.8. The first-order valence-corrected chi connectivity index (χ1v) is 36.8. The topological polar surface area (TPSA) is 108 Å². The summed E-state index contributed by atoms with van der Waals surface area (Å²) in [6, 6.07) is 0. The molecule has 0 aromatic heterocycles. The van der Waals surface area contributed by atoms with Gasteiger partial charge in [0.05, 0.1) is 34.4 Å². The average Bonchev–Trinajstić information content (AvgIpc) is 3.49. The number of carboxylic acids is 1. The molecule has 0 aromatic rings. The fourth-order valence-corrected chi connectivity index (χ4v) is 11.0. The van der Waals surface area contributed by atoms with Crippen LogP contribution in [0.3, 0.4) is 0 Å². The van der Waals surface area contributed by atoms with Crippen LogP contribution in [0.2, 0.25) is 0 Å². The monoisotopic (exact) mass is 1200 g/mol. The normalized spacial score (nSPS) is 12.9. The number of hydrogen-bond donors (Lipinski definition) is 1. The Bertz CT molecular complexity index is 1530. The Morgan fingerprint density at radius 2 is 0.671 bits per heavy atom. The van der Waals surface area contributed by atoms with Crippen LogP contribution in [0.1, 0.15) is 361 Å². The number of hydrogen-bond acceptors (Lipinski definition) is 7. The minimum absolute atomic E-state index is 0.181. The van der Waals surface area contributed by atoms with Gasteiger partial charge in [0.1, 0.15) is 13.2 Å². The maximum Gasteiger partial charge on any atom is 0.361 e. The third-order valence-electron chi connectivity index (χ3n) is 16.6. The fraction of sp³-hybridized carbons (Fsp3) is 0.855. The lowest BCUT2D eigenvalue weighted by molar-refractivity contribution is -0.870. The molecule has 0 aromatic carbocycles. The van der Waals surface area contributed by atoms with Gasteiger partial charge in [-0.05, 0) is 51.4 Å². The first-order chi connectivity index (χ1) is 41.6.